The highest BCUT2D eigenvalue weighted by Crippen LogP contribution is 2.23. The summed E-state index contributed by atoms with van der Waals surface area (Å²) in [5.41, 5.74) is 0. The van der Waals surface area contributed by atoms with E-state index in [1.807, 2.05) is 0 Å². The van der Waals surface area contributed by atoms with Gasteiger partial charge in [-0.2, -0.15) is 0 Å². The average Bonchev–Trinajstić information content (AvgIpc) is 3.25. The average molecular weight is 853 g/mol. The molecule has 0 aromatic carbocycles. The Labute approximate surface area is 368 Å². The molecule has 6 atom stereocenters. The van der Waals surface area contributed by atoms with E-state index >= 15 is 0 Å². The monoisotopic (exact) mass is 853 g/mol. The largest absolute Gasteiger partial charge is 0.457 e. The molecule has 1 fully saturated rings. The molecule has 1 aliphatic heterocycles. The molecule has 0 spiro atoms. The predicted octanol–water partition coefficient (Wildman–Crippen LogP) is 12.1. The number of ether oxygens (including phenoxy) is 4. The van der Waals surface area contributed by atoms with Crippen LogP contribution in [0.4, 0.5) is 0 Å². The number of rotatable bonds is 44. The molecule has 1 saturated heterocycles. The zero-order valence-corrected chi connectivity index (χ0v) is 39.0. The van der Waals surface area contributed by atoms with Gasteiger partial charge in [0, 0.05) is 13.0 Å². The number of allylic oxidation sites excluding steroid dienone is 4. The van der Waals surface area contributed by atoms with Gasteiger partial charge in [-0.15, -0.1) is 0 Å². The van der Waals surface area contributed by atoms with Crippen LogP contribution >= 0.6 is 0 Å². The fraction of sp³-hybridized carbons (Fsp3) is 0.902. The van der Waals surface area contributed by atoms with Crippen molar-refractivity contribution >= 4 is 5.97 Å². The minimum atomic E-state index is -1.54. The van der Waals surface area contributed by atoms with Crippen LogP contribution in [0.2, 0.25) is 0 Å². The van der Waals surface area contributed by atoms with E-state index in [0.29, 0.717) is 13.0 Å². The van der Waals surface area contributed by atoms with Crippen molar-refractivity contribution in [2.75, 3.05) is 26.4 Å². The van der Waals surface area contributed by atoms with Crippen molar-refractivity contribution in [2.24, 2.45) is 0 Å². The molecule has 0 aliphatic carbocycles. The molecule has 354 valence electrons. The lowest BCUT2D eigenvalue weighted by Crippen LogP contribution is -2.59. The third kappa shape index (κ3) is 33.3. The number of hydrogen-bond donors (Lipinski definition) is 4. The molecular weight excluding hydrogens is 757 g/mol. The second-order valence-electron chi connectivity index (χ2n) is 17.6. The molecule has 1 heterocycles. The summed E-state index contributed by atoms with van der Waals surface area (Å²) in [6, 6.07) is 0. The molecular formula is C51H96O9. The van der Waals surface area contributed by atoms with Crippen LogP contribution < -0.4 is 0 Å². The van der Waals surface area contributed by atoms with Gasteiger partial charge in [0.05, 0.1) is 19.8 Å². The first-order valence-electron chi connectivity index (χ1n) is 25.4. The second-order valence-corrected chi connectivity index (χ2v) is 17.6. The van der Waals surface area contributed by atoms with Crippen molar-refractivity contribution in [2.45, 2.75) is 269 Å². The van der Waals surface area contributed by atoms with Crippen molar-refractivity contribution in [3.05, 3.63) is 24.3 Å². The SMILES string of the molecule is CCCCCCCC/C=C\CCCCCCCCCCCCOCC(COC1OC(CO)C(O)C(O)C1O)OC(=O)CCCCCCCCC/C=C\CCCCCCCC. The molecule has 0 radical (unpaired) electrons. The Morgan fingerprint density at radius 1 is 0.517 bits per heavy atom. The molecule has 1 aliphatic rings. The summed E-state index contributed by atoms with van der Waals surface area (Å²) in [4.78, 5) is 12.8. The van der Waals surface area contributed by atoms with E-state index in [2.05, 4.69) is 38.2 Å². The Bertz CT molecular complexity index is 972. The van der Waals surface area contributed by atoms with Crippen molar-refractivity contribution < 1.29 is 44.2 Å². The lowest BCUT2D eigenvalue weighted by atomic mass is 9.99. The normalized spacial score (nSPS) is 20.1. The Morgan fingerprint density at radius 3 is 1.35 bits per heavy atom. The zero-order valence-electron chi connectivity index (χ0n) is 39.0. The zero-order chi connectivity index (χ0) is 43.6. The number of carbonyl (C=O) groups is 1. The van der Waals surface area contributed by atoms with Crippen LogP contribution in [0.25, 0.3) is 0 Å². The quantitative estimate of drug-likeness (QED) is 0.0268. The first-order valence-corrected chi connectivity index (χ1v) is 25.4. The molecule has 6 unspecified atom stereocenters. The molecule has 0 aromatic heterocycles. The van der Waals surface area contributed by atoms with Crippen LogP contribution in [0.3, 0.4) is 0 Å². The van der Waals surface area contributed by atoms with Gasteiger partial charge in [-0.1, -0.05) is 186 Å². The summed E-state index contributed by atoms with van der Waals surface area (Å²) < 4.78 is 22.9. The summed E-state index contributed by atoms with van der Waals surface area (Å²) in [5.74, 6) is -0.315. The number of hydrogen-bond acceptors (Lipinski definition) is 9. The summed E-state index contributed by atoms with van der Waals surface area (Å²) in [6.07, 6.45) is 43.5. The van der Waals surface area contributed by atoms with E-state index in [0.717, 1.165) is 32.1 Å². The van der Waals surface area contributed by atoms with Gasteiger partial charge >= 0.3 is 5.97 Å². The maximum Gasteiger partial charge on any atom is 0.306 e. The van der Waals surface area contributed by atoms with Crippen LogP contribution in [0, 0.1) is 0 Å². The number of carbonyl (C=O) groups excluding carboxylic acids is 1. The van der Waals surface area contributed by atoms with E-state index in [1.165, 1.54) is 180 Å². The van der Waals surface area contributed by atoms with Crippen LogP contribution in [-0.2, 0) is 23.7 Å². The molecule has 60 heavy (non-hydrogen) atoms. The van der Waals surface area contributed by atoms with Crippen LogP contribution in [-0.4, -0.2) is 89.6 Å². The number of aliphatic hydroxyl groups is 4. The molecule has 0 aromatic rings. The van der Waals surface area contributed by atoms with Crippen LogP contribution in [0.1, 0.15) is 232 Å². The first kappa shape index (κ1) is 56.7. The summed E-state index contributed by atoms with van der Waals surface area (Å²) >= 11 is 0. The molecule has 4 N–H and O–H groups in total. The first-order chi connectivity index (χ1) is 29.4. The van der Waals surface area contributed by atoms with E-state index in [-0.39, 0.29) is 19.2 Å². The van der Waals surface area contributed by atoms with Crippen molar-refractivity contribution in [1.29, 1.82) is 0 Å². The molecule has 0 amide bonds. The smallest absolute Gasteiger partial charge is 0.306 e. The summed E-state index contributed by atoms with van der Waals surface area (Å²) in [6.45, 7) is 4.58. The van der Waals surface area contributed by atoms with E-state index in [4.69, 9.17) is 18.9 Å². The third-order valence-electron chi connectivity index (χ3n) is 11.8. The van der Waals surface area contributed by atoms with Crippen LogP contribution in [0.15, 0.2) is 24.3 Å². The van der Waals surface area contributed by atoms with Gasteiger partial charge in [0.2, 0.25) is 0 Å². The maximum atomic E-state index is 12.8. The molecule has 0 bridgehead atoms. The van der Waals surface area contributed by atoms with Crippen molar-refractivity contribution in [3.63, 3.8) is 0 Å². The Morgan fingerprint density at radius 2 is 0.917 bits per heavy atom. The highest BCUT2D eigenvalue weighted by molar-refractivity contribution is 5.69. The topological polar surface area (TPSA) is 135 Å². The van der Waals surface area contributed by atoms with E-state index in [9.17, 15) is 25.2 Å². The van der Waals surface area contributed by atoms with E-state index in [1.54, 1.807) is 0 Å². The fourth-order valence-electron chi connectivity index (χ4n) is 7.84. The lowest BCUT2D eigenvalue weighted by Gasteiger charge is -2.39. The lowest BCUT2D eigenvalue weighted by molar-refractivity contribution is -0.305. The second kappa shape index (κ2) is 42.9. The van der Waals surface area contributed by atoms with Crippen molar-refractivity contribution in [3.8, 4) is 0 Å². The van der Waals surface area contributed by atoms with Gasteiger partial charge in [0.15, 0.2) is 6.29 Å². The number of unbranched alkanes of at least 4 members (excludes halogenated alkanes) is 29. The standard InChI is InChI=1S/C51H96O9/c1-3-5-7-9-11-13-15-17-19-21-22-23-25-27-29-31-33-35-37-39-41-57-43-45(44-58-51-50(56)49(55)48(54)46(42-52)60-51)59-47(53)40-38-36-34-32-30-28-26-24-20-18-16-14-12-10-8-6-4-2/h17-20,45-46,48-52,54-56H,3-16,21-44H2,1-2H3/b19-17-,20-18-. The minimum Gasteiger partial charge on any atom is -0.457 e. The number of aliphatic hydroxyl groups excluding tert-OH is 4. The van der Waals surface area contributed by atoms with Gasteiger partial charge in [-0.25, -0.2) is 0 Å². The van der Waals surface area contributed by atoms with Gasteiger partial charge in [0.1, 0.15) is 30.5 Å². The molecule has 1 rings (SSSR count). The van der Waals surface area contributed by atoms with Gasteiger partial charge in [-0.05, 0) is 64.2 Å². The van der Waals surface area contributed by atoms with Crippen molar-refractivity contribution in [1.82, 2.24) is 0 Å². The summed E-state index contributed by atoms with van der Waals surface area (Å²) in [7, 11) is 0. The Balaban J connectivity index is 2.21. The summed E-state index contributed by atoms with van der Waals surface area (Å²) in [5, 5.41) is 40.2. The minimum absolute atomic E-state index is 0.112. The Kier molecular flexibility index (Phi) is 40.6. The van der Waals surface area contributed by atoms with Crippen LogP contribution in [0.5, 0.6) is 0 Å². The van der Waals surface area contributed by atoms with Gasteiger partial charge in [0.25, 0.3) is 0 Å². The molecule has 9 heteroatoms. The highest BCUT2D eigenvalue weighted by Gasteiger charge is 2.44. The number of esters is 1. The van der Waals surface area contributed by atoms with Gasteiger partial charge in [-0.3, -0.25) is 4.79 Å². The predicted molar refractivity (Wildman–Crippen MR) is 247 cm³/mol. The molecule has 0 saturated carbocycles. The van der Waals surface area contributed by atoms with Gasteiger partial charge < -0.3 is 39.4 Å². The third-order valence-corrected chi connectivity index (χ3v) is 11.8. The molecule has 9 nitrogen and oxygen atoms in total. The highest BCUT2D eigenvalue weighted by atomic mass is 16.7. The Hall–Kier alpha value is -1.33. The maximum absolute atomic E-state index is 12.8. The van der Waals surface area contributed by atoms with E-state index < -0.39 is 43.4 Å². The fourth-order valence-corrected chi connectivity index (χ4v) is 7.84.